The molecule has 0 bridgehead atoms. The summed E-state index contributed by atoms with van der Waals surface area (Å²) in [5, 5.41) is 9.73. The normalized spacial score (nSPS) is 10.9. The highest BCUT2D eigenvalue weighted by atomic mass is 35.5. The van der Waals surface area contributed by atoms with Crippen molar-refractivity contribution < 1.29 is 4.74 Å². The summed E-state index contributed by atoms with van der Waals surface area (Å²) in [7, 11) is 1.54. The number of pyridine rings is 1. The standard InChI is InChI=1S/C12H15ClN2O/c1-4-12(5-2,8-14)9-6-7-10(13)15-11(9)16-3/h6-7H,4-5H2,1-3H3. The van der Waals surface area contributed by atoms with Crippen LogP contribution in [0.5, 0.6) is 5.88 Å². The molecule has 1 heterocycles. The molecule has 0 fully saturated rings. The summed E-state index contributed by atoms with van der Waals surface area (Å²) in [4.78, 5) is 4.09. The quantitative estimate of drug-likeness (QED) is 0.756. The van der Waals surface area contributed by atoms with E-state index in [-0.39, 0.29) is 0 Å². The molecule has 16 heavy (non-hydrogen) atoms. The molecule has 4 heteroatoms. The fourth-order valence-corrected chi connectivity index (χ4v) is 1.93. The first kappa shape index (κ1) is 12.8. The van der Waals surface area contributed by atoms with Gasteiger partial charge in [0.15, 0.2) is 0 Å². The summed E-state index contributed by atoms with van der Waals surface area (Å²) >= 11 is 5.80. The van der Waals surface area contributed by atoms with Crippen LogP contribution in [0.25, 0.3) is 0 Å². The summed E-state index contributed by atoms with van der Waals surface area (Å²) in [5.74, 6) is 0.442. The van der Waals surface area contributed by atoms with Gasteiger partial charge in [0.2, 0.25) is 5.88 Å². The van der Waals surface area contributed by atoms with Crippen molar-refractivity contribution in [3.05, 3.63) is 22.8 Å². The largest absolute Gasteiger partial charge is 0.481 e. The van der Waals surface area contributed by atoms with Gasteiger partial charge >= 0.3 is 0 Å². The van der Waals surface area contributed by atoms with Crippen LogP contribution in [-0.2, 0) is 5.41 Å². The van der Waals surface area contributed by atoms with E-state index in [1.54, 1.807) is 6.07 Å². The van der Waals surface area contributed by atoms with Gasteiger partial charge < -0.3 is 4.74 Å². The Hall–Kier alpha value is -1.27. The van der Waals surface area contributed by atoms with Gasteiger partial charge in [-0.05, 0) is 25.0 Å². The Labute approximate surface area is 101 Å². The van der Waals surface area contributed by atoms with Gasteiger partial charge in [0.05, 0.1) is 18.6 Å². The minimum absolute atomic E-state index is 0.375. The lowest BCUT2D eigenvalue weighted by Gasteiger charge is -2.25. The lowest BCUT2D eigenvalue weighted by molar-refractivity contribution is 0.375. The Bertz CT molecular complexity index is 408. The molecule has 86 valence electrons. The zero-order chi connectivity index (χ0) is 12.2. The molecule has 0 aliphatic carbocycles. The van der Waals surface area contributed by atoms with Gasteiger partial charge in [-0.15, -0.1) is 0 Å². The lowest BCUT2D eigenvalue weighted by atomic mass is 9.77. The van der Waals surface area contributed by atoms with Crippen molar-refractivity contribution in [1.82, 2.24) is 4.98 Å². The topological polar surface area (TPSA) is 45.9 Å². The second kappa shape index (κ2) is 5.18. The second-order valence-electron chi connectivity index (χ2n) is 3.59. The molecule has 0 spiro atoms. The smallest absolute Gasteiger partial charge is 0.219 e. The van der Waals surface area contributed by atoms with Gasteiger partial charge in [-0.2, -0.15) is 5.26 Å². The third-order valence-electron chi connectivity index (χ3n) is 2.96. The molecule has 0 amide bonds. The van der Waals surface area contributed by atoms with Crippen molar-refractivity contribution in [2.45, 2.75) is 32.1 Å². The Kier molecular flexibility index (Phi) is 4.14. The first-order chi connectivity index (χ1) is 7.63. The Morgan fingerprint density at radius 2 is 2.06 bits per heavy atom. The van der Waals surface area contributed by atoms with Crippen molar-refractivity contribution in [2.24, 2.45) is 0 Å². The second-order valence-corrected chi connectivity index (χ2v) is 3.98. The van der Waals surface area contributed by atoms with E-state index in [0.29, 0.717) is 11.0 Å². The van der Waals surface area contributed by atoms with E-state index in [2.05, 4.69) is 11.1 Å². The van der Waals surface area contributed by atoms with Crippen LogP contribution in [0.15, 0.2) is 12.1 Å². The minimum atomic E-state index is -0.539. The van der Waals surface area contributed by atoms with Crippen LogP contribution in [0.3, 0.4) is 0 Å². The van der Waals surface area contributed by atoms with E-state index in [1.165, 1.54) is 7.11 Å². The van der Waals surface area contributed by atoms with Crippen LogP contribution in [0.2, 0.25) is 5.15 Å². The van der Waals surface area contributed by atoms with Gasteiger partial charge in [-0.25, -0.2) is 4.98 Å². The number of ether oxygens (including phenoxy) is 1. The molecule has 0 aromatic carbocycles. The van der Waals surface area contributed by atoms with Crippen LogP contribution < -0.4 is 4.74 Å². The molecule has 0 unspecified atom stereocenters. The predicted octanol–water partition coefficient (Wildman–Crippen LogP) is 3.32. The van der Waals surface area contributed by atoms with Crippen molar-refractivity contribution in [3.8, 4) is 11.9 Å². The van der Waals surface area contributed by atoms with Gasteiger partial charge in [0.25, 0.3) is 0 Å². The fraction of sp³-hybridized carbons (Fsp3) is 0.500. The maximum atomic E-state index is 9.35. The third kappa shape index (κ3) is 2.12. The van der Waals surface area contributed by atoms with Gasteiger partial charge in [-0.3, -0.25) is 0 Å². The van der Waals surface area contributed by atoms with E-state index >= 15 is 0 Å². The van der Waals surface area contributed by atoms with E-state index in [0.717, 1.165) is 18.4 Å². The number of methoxy groups -OCH3 is 1. The molecule has 1 rings (SSSR count). The van der Waals surface area contributed by atoms with Crippen molar-refractivity contribution in [2.75, 3.05) is 7.11 Å². The summed E-state index contributed by atoms with van der Waals surface area (Å²) in [6, 6.07) is 5.88. The van der Waals surface area contributed by atoms with Crippen molar-refractivity contribution in [1.29, 1.82) is 5.26 Å². The summed E-state index contributed by atoms with van der Waals surface area (Å²) in [6.07, 6.45) is 1.44. The van der Waals surface area contributed by atoms with Crippen LogP contribution in [0.4, 0.5) is 0 Å². The Balaban J connectivity index is 3.36. The molecule has 0 N–H and O–H groups in total. The Morgan fingerprint density at radius 3 is 2.50 bits per heavy atom. The Morgan fingerprint density at radius 1 is 1.44 bits per heavy atom. The van der Waals surface area contributed by atoms with Gasteiger partial charge in [-0.1, -0.05) is 25.4 Å². The highest BCUT2D eigenvalue weighted by Gasteiger charge is 2.32. The molecule has 0 aliphatic rings. The summed E-state index contributed by atoms with van der Waals surface area (Å²) in [6.45, 7) is 3.97. The van der Waals surface area contributed by atoms with E-state index in [9.17, 15) is 5.26 Å². The molecule has 1 aromatic heterocycles. The van der Waals surface area contributed by atoms with Gasteiger partial charge in [0, 0.05) is 5.56 Å². The third-order valence-corrected chi connectivity index (χ3v) is 3.17. The van der Waals surface area contributed by atoms with E-state index < -0.39 is 5.41 Å². The molecular formula is C12H15ClN2O. The average Bonchev–Trinajstić information content (AvgIpc) is 2.33. The zero-order valence-electron chi connectivity index (χ0n) is 9.75. The number of nitriles is 1. The predicted molar refractivity (Wildman–Crippen MR) is 63.7 cm³/mol. The van der Waals surface area contributed by atoms with Crippen molar-refractivity contribution in [3.63, 3.8) is 0 Å². The van der Waals surface area contributed by atoms with E-state index in [4.69, 9.17) is 16.3 Å². The molecule has 0 radical (unpaired) electrons. The molecule has 1 aromatic rings. The average molecular weight is 239 g/mol. The highest BCUT2D eigenvalue weighted by Crippen LogP contribution is 2.36. The molecule has 0 atom stereocenters. The lowest BCUT2D eigenvalue weighted by Crippen LogP contribution is -2.23. The van der Waals surface area contributed by atoms with E-state index in [1.807, 2.05) is 19.9 Å². The monoisotopic (exact) mass is 238 g/mol. The molecule has 0 saturated carbocycles. The van der Waals surface area contributed by atoms with Crippen molar-refractivity contribution >= 4 is 11.6 Å². The number of nitrogens with zero attached hydrogens (tertiary/aromatic N) is 2. The molecular weight excluding hydrogens is 224 g/mol. The van der Waals surface area contributed by atoms with Gasteiger partial charge in [0.1, 0.15) is 5.15 Å². The maximum Gasteiger partial charge on any atom is 0.219 e. The van der Waals surface area contributed by atoms with Crippen LogP contribution in [-0.4, -0.2) is 12.1 Å². The van der Waals surface area contributed by atoms with Crippen LogP contribution in [0.1, 0.15) is 32.3 Å². The number of halogens is 1. The number of hydrogen-bond donors (Lipinski definition) is 0. The zero-order valence-corrected chi connectivity index (χ0v) is 10.5. The molecule has 0 aliphatic heterocycles. The SMILES string of the molecule is CCC(C#N)(CC)c1ccc(Cl)nc1OC. The first-order valence-electron chi connectivity index (χ1n) is 5.25. The fourth-order valence-electron chi connectivity index (χ4n) is 1.79. The summed E-state index contributed by atoms with van der Waals surface area (Å²) in [5.41, 5.74) is 0.273. The van der Waals surface area contributed by atoms with Crippen LogP contribution >= 0.6 is 11.6 Å². The highest BCUT2D eigenvalue weighted by molar-refractivity contribution is 6.29. The van der Waals surface area contributed by atoms with Crippen LogP contribution in [0, 0.1) is 11.3 Å². The number of rotatable bonds is 4. The number of aromatic nitrogens is 1. The summed E-state index contributed by atoms with van der Waals surface area (Å²) < 4.78 is 5.19. The maximum absolute atomic E-state index is 9.35. The molecule has 3 nitrogen and oxygen atoms in total. The minimum Gasteiger partial charge on any atom is -0.481 e. The molecule has 0 saturated heterocycles. The number of hydrogen-bond acceptors (Lipinski definition) is 3. The first-order valence-corrected chi connectivity index (χ1v) is 5.63.